The molecular weight excluding hydrogens is 394 g/mol. The van der Waals surface area contributed by atoms with E-state index in [-0.39, 0.29) is 11.5 Å². The molecule has 7 nitrogen and oxygen atoms in total. The van der Waals surface area contributed by atoms with Gasteiger partial charge in [-0.05, 0) is 43.2 Å². The number of hydrogen-bond acceptors (Lipinski definition) is 5. The summed E-state index contributed by atoms with van der Waals surface area (Å²) >= 11 is 0. The van der Waals surface area contributed by atoms with E-state index in [1.807, 2.05) is 45.0 Å². The Balaban J connectivity index is 2.05. The third kappa shape index (κ3) is 4.35. The molecule has 0 aliphatic rings. The van der Waals surface area contributed by atoms with Crippen LogP contribution in [-0.2, 0) is 13.1 Å². The SMILES string of the molecule is CCn1cc(C(=O)NCc2ccc(C)cc2N(C)C)c2cc(OC)c(OC)cc2c1=O. The van der Waals surface area contributed by atoms with Crippen molar-refractivity contribution in [2.75, 3.05) is 33.2 Å². The number of anilines is 1. The summed E-state index contributed by atoms with van der Waals surface area (Å²) in [4.78, 5) is 28.1. The molecule has 0 spiro atoms. The highest BCUT2D eigenvalue weighted by atomic mass is 16.5. The molecule has 3 aromatic rings. The minimum absolute atomic E-state index is 0.177. The van der Waals surface area contributed by atoms with E-state index in [9.17, 15) is 9.59 Å². The van der Waals surface area contributed by atoms with E-state index in [1.165, 1.54) is 18.8 Å². The lowest BCUT2D eigenvalue weighted by atomic mass is 10.0. The van der Waals surface area contributed by atoms with Gasteiger partial charge in [0.1, 0.15) is 0 Å². The molecule has 0 radical (unpaired) electrons. The third-order valence-electron chi connectivity index (χ3n) is 5.34. The zero-order chi connectivity index (χ0) is 22.7. The van der Waals surface area contributed by atoms with Crippen molar-refractivity contribution in [1.29, 1.82) is 0 Å². The second-order valence-corrected chi connectivity index (χ2v) is 7.60. The molecule has 0 aliphatic heterocycles. The number of benzene rings is 2. The number of fused-ring (bicyclic) bond motifs is 1. The van der Waals surface area contributed by atoms with Gasteiger partial charge in [0.25, 0.3) is 11.5 Å². The van der Waals surface area contributed by atoms with Gasteiger partial charge in [0, 0.05) is 44.5 Å². The average molecular weight is 424 g/mol. The predicted octanol–water partition coefficient (Wildman–Crippen LogP) is 3.34. The van der Waals surface area contributed by atoms with Crippen molar-refractivity contribution in [1.82, 2.24) is 9.88 Å². The highest BCUT2D eigenvalue weighted by molar-refractivity contribution is 6.07. The van der Waals surface area contributed by atoms with Gasteiger partial charge in [0.15, 0.2) is 11.5 Å². The van der Waals surface area contributed by atoms with Crippen molar-refractivity contribution >= 4 is 22.4 Å². The minimum atomic E-state index is -0.260. The maximum absolute atomic E-state index is 13.2. The van der Waals surface area contributed by atoms with Crippen molar-refractivity contribution in [3.8, 4) is 11.5 Å². The zero-order valence-corrected chi connectivity index (χ0v) is 18.9. The van der Waals surface area contributed by atoms with Crippen molar-refractivity contribution in [2.45, 2.75) is 26.9 Å². The fourth-order valence-electron chi connectivity index (χ4n) is 3.64. The number of ether oxygens (including phenoxy) is 2. The summed E-state index contributed by atoms with van der Waals surface area (Å²) < 4.78 is 12.3. The van der Waals surface area contributed by atoms with E-state index in [1.54, 1.807) is 18.3 Å². The topological polar surface area (TPSA) is 72.8 Å². The highest BCUT2D eigenvalue weighted by Crippen LogP contribution is 2.32. The molecular formula is C24H29N3O4. The number of rotatable bonds is 7. The number of hydrogen-bond donors (Lipinski definition) is 1. The molecule has 1 heterocycles. The summed E-state index contributed by atoms with van der Waals surface area (Å²) in [6, 6.07) is 9.44. The number of nitrogens with zero attached hydrogens (tertiary/aromatic N) is 2. The lowest BCUT2D eigenvalue weighted by molar-refractivity contribution is 0.0952. The summed E-state index contributed by atoms with van der Waals surface area (Å²) in [5.74, 6) is 0.651. The first-order chi connectivity index (χ1) is 14.8. The number of pyridine rings is 1. The van der Waals surface area contributed by atoms with Gasteiger partial charge in [0.05, 0.1) is 25.2 Å². The Bertz CT molecular complexity index is 1180. The molecule has 1 N–H and O–H groups in total. The standard InChI is InChI=1S/C24H29N3O4/c1-7-27-14-19(17-11-21(30-5)22(31-6)12-18(17)24(27)29)23(28)25-13-16-9-8-15(2)10-20(16)26(3)4/h8-12,14H,7,13H2,1-6H3,(H,25,28). The quantitative estimate of drug-likeness (QED) is 0.631. The molecule has 0 atom stereocenters. The summed E-state index contributed by atoms with van der Waals surface area (Å²) in [6.45, 7) is 4.72. The lowest BCUT2D eigenvalue weighted by Crippen LogP contribution is -2.28. The smallest absolute Gasteiger partial charge is 0.258 e. The Labute approximate surface area is 182 Å². The Kier molecular flexibility index (Phi) is 6.53. The number of methoxy groups -OCH3 is 2. The van der Waals surface area contributed by atoms with Crippen molar-refractivity contribution in [3.63, 3.8) is 0 Å². The Morgan fingerprint density at radius 3 is 2.29 bits per heavy atom. The van der Waals surface area contributed by atoms with Gasteiger partial charge in [-0.3, -0.25) is 9.59 Å². The van der Waals surface area contributed by atoms with E-state index in [2.05, 4.69) is 11.4 Å². The van der Waals surface area contributed by atoms with E-state index < -0.39 is 0 Å². The summed E-state index contributed by atoms with van der Waals surface area (Å²) in [5.41, 5.74) is 3.45. The van der Waals surface area contributed by atoms with Crippen LogP contribution in [-0.4, -0.2) is 38.8 Å². The molecule has 1 aromatic heterocycles. The van der Waals surface area contributed by atoms with Crippen LogP contribution in [0.15, 0.2) is 41.3 Å². The number of carbonyl (C=O) groups excluding carboxylic acids is 1. The highest BCUT2D eigenvalue weighted by Gasteiger charge is 2.18. The molecule has 0 saturated heterocycles. The summed E-state index contributed by atoms with van der Waals surface area (Å²) in [6.07, 6.45) is 1.61. The van der Waals surface area contributed by atoms with Crippen LogP contribution in [0, 0.1) is 6.92 Å². The average Bonchev–Trinajstić information content (AvgIpc) is 2.77. The maximum Gasteiger partial charge on any atom is 0.258 e. The van der Waals surface area contributed by atoms with Gasteiger partial charge in [-0.1, -0.05) is 12.1 Å². The van der Waals surface area contributed by atoms with Crippen LogP contribution in [0.25, 0.3) is 10.8 Å². The van der Waals surface area contributed by atoms with Crippen LogP contribution in [0.1, 0.15) is 28.4 Å². The summed E-state index contributed by atoms with van der Waals surface area (Å²) in [7, 11) is 6.99. The van der Waals surface area contributed by atoms with Crippen molar-refractivity contribution in [2.24, 2.45) is 0 Å². The van der Waals surface area contributed by atoms with Crippen molar-refractivity contribution in [3.05, 3.63) is 63.6 Å². The first kappa shape index (κ1) is 22.2. The number of amides is 1. The molecule has 3 rings (SSSR count). The predicted molar refractivity (Wildman–Crippen MR) is 124 cm³/mol. The molecule has 7 heteroatoms. The molecule has 0 unspecified atom stereocenters. The maximum atomic E-state index is 13.2. The first-order valence-electron chi connectivity index (χ1n) is 10.1. The van der Waals surface area contributed by atoms with Crippen LogP contribution in [0.3, 0.4) is 0 Å². The van der Waals surface area contributed by atoms with E-state index >= 15 is 0 Å². The molecule has 0 fully saturated rings. The van der Waals surface area contributed by atoms with Crippen LogP contribution in [0.5, 0.6) is 11.5 Å². The Morgan fingerprint density at radius 2 is 1.71 bits per heavy atom. The fourth-order valence-corrected chi connectivity index (χ4v) is 3.64. The van der Waals surface area contributed by atoms with Gasteiger partial charge in [0.2, 0.25) is 0 Å². The van der Waals surface area contributed by atoms with Gasteiger partial charge in [-0.2, -0.15) is 0 Å². The van der Waals surface area contributed by atoms with E-state index in [0.717, 1.165) is 16.8 Å². The molecule has 164 valence electrons. The van der Waals surface area contributed by atoms with E-state index in [4.69, 9.17) is 9.47 Å². The normalized spacial score (nSPS) is 10.8. The first-order valence-corrected chi connectivity index (χ1v) is 10.1. The molecule has 31 heavy (non-hydrogen) atoms. The van der Waals surface area contributed by atoms with Gasteiger partial charge < -0.3 is 24.3 Å². The largest absolute Gasteiger partial charge is 0.493 e. The monoisotopic (exact) mass is 423 g/mol. The molecule has 1 amide bonds. The number of carbonyl (C=O) groups is 1. The van der Waals surface area contributed by atoms with Crippen LogP contribution < -0.4 is 25.2 Å². The molecule has 0 bridgehead atoms. The second kappa shape index (κ2) is 9.12. The molecule has 2 aromatic carbocycles. The van der Waals surface area contributed by atoms with Crippen molar-refractivity contribution < 1.29 is 14.3 Å². The molecule has 0 aliphatic carbocycles. The zero-order valence-electron chi connectivity index (χ0n) is 18.9. The van der Waals surface area contributed by atoms with Gasteiger partial charge in [-0.25, -0.2) is 0 Å². The number of aromatic nitrogens is 1. The van der Waals surface area contributed by atoms with Crippen LogP contribution in [0.4, 0.5) is 5.69 Å². The fraction of sp³-hybridized carbons (Fsp3) is 0.333. The van der Waals surface area contributed by atoms with Gasteiger partial charge in [-0.15, -0.1) is 0 Å². The van der Waals surface area contributed by atoms with E-state index in [0.29, 0.717) is 40.9 Å². The Morgan fingerprint density at radius 1 is 1.06 bits per heavy atom. The van der Waals surface area contributed by atoms with Crippen LogP contribution >= 0.6 is 0 Å². The van der Waals surface area contributed by atoms with Crippen LogP contribution in [0.2, 0.25) is 0 Å². The summed E-state index contributed by atoms with van der Waals surface area (Å²) in [5, 5.41) is 3.95. The minimum Gasteiger partial charge on any atom is -0.493 e. The second-order valence-electron chi connectivity index (χ2n) is 7.60. The third-order valence-corrected chi connectivity index (χ3v) is 5.34. The number of aryl methyl sites for hydroxylation is 2. The Hall–Kier alpha value is -3.48. The number of nitrogens with one attached hydrogen (secondary N) is 1. The van der Waals surface area contributed by atoms with Gasteiger partial charge >= 0.3 is 0 Å². The lowest BCUT2D eigenvalue weighted by Gasteiger charge is -2.19. The molecule has 0 saturated carbocycles.